The summed E-state index contributed by atoms with van der Waals surface area (Å²) in [5.74, 6) is 1.44. The van der Waals surface area contributed by atoms with Crippen LogP contribution in [0.5, 0.6) is 5.75 Å². The van der Waals surface area contributed by atoms with E-state index in [4.69, 9.17) is 9.15 Å². The standard InChI is InChI=1S/C19H21N3O2/c1-2-4-19-21-17(14-24-19)13-23-18-8-6-16(7-9-18)5-3-11-22-12-10-20-15-22/h2,4,6-10,12,14-15H,3,5,11,13H2,1H3/b4-2-. The fourth-order valence-corrected chi connectivity index (χ4v) is 2.40. The summed E-state index contributed by atoms with van der Waals surface area (Å²) in [7, 11) is 0. The molecule has 0 N–H and O–H groups in total. The zero-order valence-electron chi connectivity index (χ0n) is 13.8. The second-order valence-corrected chi connectivity index (χ2v) is 5.51. The fourth-order valence-electron chi connectivity index (χ4n) is 2.40. The molecule has 0 aliphatic heterocycles. The van der Waals surface area contributed by atoms with Crippen LogP contribution in [0.15, 0.2) is 59.7 Å². The molecule has 0 atom stereocenters. The zero-order valence-corrected chi connectivity index (χ0v) is 13.8. The molecule has 0 fully saturated rings. The molecule has 124 valence electrons. The summed E-state index contributed by atoms with van der Waals surface area (Å²) >= 11 is 0. The number of aryl methyl sites for hydroxylation is 2. The Balaban J connectivity index is 1.45. The fraction of sp³-hybridized carbons (Fsp3) is 0.263. The van der Waals surface area contributed by atoms with Crippen LogP contribution in [-0.4, -0.2) is 14.5 Å². The number of ether oxygens (including phenoxy) is 1. The smallest absolute Gasteiger partial charge is 0.218 e. The van der Waals surface area contributed by atoms with Crippen LogP contribution in [0.4, 0.5) is 0 Å². The Morgan fingerprint density at radius 3 is 2.88 bits per heavy atom. The first-order valence-corrected chi connectivity index (χ1v) is 8.08. The third-order valence-corrected chi connectivity index (χ3v) is 3.63. The number of benzene rings is 1. The van der Waals surface area contributed by atoms with Gasteiger partial charge in [0.05, 0.1) is 6.33 Å². The average molecular weight is 323 g/mol. The minimum Gasteiger partial charge on any atom is -0.487 e. The third kappa shape index (κ3) is 4.59. The molecular formula is C19H21N3O2. The lowest BCUT2D eigenvalue weighted by Crippen LogP contribution is -1.98. The monoisotopic (exact) mass is 323 g/mol. The maximum absolute atomic E-state index is 5.74. The highest BCUT2D eigenvalue weighted by Gasteiger charge is 2.02. The van der Waals surface area contributed by atoms with Gasteiger partial charge in [-0.3, -0.25) is 0 Å². The molecule has 0 spiro atoms. The van der Waals surface area contributed by atoms with E-state index in [1.807, 2.05) is 49.9 Å². The molecule has 0 aliphatic rings. The van der Waals surface area contributed by atoms with Gasteiger partial charge in [-0.2, -0.15) is 0 Å². The maximum atomic E-state index is 5.74. The molecule has 3 aromatic rings. The molecule has 2 heterocycles. The molecule has 1 aromatic carbocycles. The van der Waals surface area contributed by atoms with Gasteiger partial charge in [-0.25, -0.2) is 9.97 Å². The average Bonchev–Trinajstić information content (AvgIpc) is 3.27. The molecule has 0 aliphatic carbocycles. The molecule has 3 rings (SSSR count). The summed E-state index contributed by atoms with van der Waals surface area (Å²) in [5, 5.41) is 0. The van der Waals surface area contributed by atoms with Crippen molar-refractivity contribution in [3.8, 4) is 5.75 Å². The summed E-state index contributed by atoms with van der Waals surface area (Å²) in [5.41, 5.74) is 2.09. The van der Waals surface area contributed by atoms with Crippen molar-refractivity contribution < 1.29 is 9.15 Å². The van der Waals surface area contributed by atoms with Crippen molar-refractivity contribution in [1.82, 2.24) is 14.5 Å². The molecule has 0 amide bonds. The molecular weight excluding hydrogens is 302 g/mol. The predicted molar refractivity (Wildman–Crippen MR) is 92.5 cm³/mol. The predicted octanol–water partition coefficient (Wildman–Crippen LogP) is 4.12. The van der Waals surface area contributed by atoms with Gasteiger partial charge in [0.15, 0.2) is 0 Å². The molecule has 2 aromatic heterocycles. The number of nitrogens with zero attached hydrogens (tertiary/aromatic N) is 3. The largest absolute Gasteiger partial charge is 0.487 e. The van der Waals surface area contributed by atoms with Crippen LogP contribution in [0.1, 0.15) is 30.5 Å². The van der Waals surface area contributed by atoms with Gasteiger partial charge < -0.3 is 13.7 Å². The van der Waals surface area contributed by atoms with E-state index in [2.05, 4.69) is 26.7 Å². The van der Waals surface area contributed by atoms with E-state index in [1.165, 1.54) is 5.56 Å². The minimum atomic E-state index is 0.404. The highest BCUT2D eigenvalue weighted by Crippen LogP contribution is 2.15. The van der Waals surface area contributed by atoms with Gasteiger partial charge in [0, 0.05) is 18.9 Å². The molecule has 0 radical (unpaired) electrons. The number of oxazole rings is 1. The molecule has 5 nitrogen and oxygen atoms in total. The van der Waals surface area contributed by atoms with Crippen LogP contribution in [-0.2, 0) is 19.6 Å². The summed E-state index contributed by atoms with van der Waals surface area (Å²) in [6.45, 7) is 3.32. The van der Waals surface area contributed by atoms with Crippen LogP contribution in [0.25, 0.3) is 6.08 Å². The van der Waals surface area contributed by atoms with E-state index >= 15 is 0 Å². The van der Waals surface area contributed by atoms with E-state index in [1.54, 1.807) is 6.26 Å². The Morgan fingerprint density at radius 1 is 1.25 bits per heavy atom. The zero-order chi connectivity index (χ0) is 16.6. The Kier molecular flexibility index (Phi) is 5.45. The van der Waals surface area contributed by atoms with Crippen molar-refractivity contribution >= 4 is 6.08 Å². The number of hydrogen-bond acceptors (Lipinski definition) is 4. The number of imidazole rings is 1. The van der Waals surface area contributed by atoms with E-state index in [9.17, 15) is 0 Å². The molecule has 24 heavy (non-hydrogen) atoms. The van der Waals surface area contributed by atoms with Gasteiger partial charge >= 0.3 is 0 Å². The number of aromatic nitrogens is 3. The van der Waals surface area contributed by atoms with E-state index < -0.39 is 0 Å². The van der Waals surface area contributed by atoms with Crippen LogP contribution < -0.4 is 4.74 Å². The lowest BCUT2D eigenvalue weighted by Gasteiger charge is -2.06. The molecule has 0 saturated heterocycles. The molecule has 5 heteroatoms. The molecule has 0 saturated carbocycles. The lowest BCUT2D eigenvalue weighted by molar-refractivity contribution is 0.301. The first-order chi connectivity index (χ1) is 11.8. The molecule has 0 bridgehead atoms. The lowest BCUT2D eigenvalue weighted by atomic mass is 10.1. The van der Waals surface area contributed by atoms with Gasteiger partial charge in [-0.15, -0.1) is 0 Å². The van der Waals surface area contributed by atoms with Gasteiger partial charge in [-0.05, 0) is 43.5 Å². The van der Waals surface area contributed by atoms with Crippen LogP contribution in [0.3, 0.4) is 0 Å². The number of allylic oxidation sites excluding steroid dienone is 1. The van der Waals surface area contributed by atoms with Crippen molar-refractivity contribution in [2.24, 2.45) is 0 Å². The topological polar surface area (TPSA) is 53.1 Å². The van der Waals surface area contributed by atoms with Gasteiger partial charge in [0.25, 0.3) is 0 Å². The van der Waals surface area contributed by atoms with E-state index in [0.29, 0.717) is 12.5 Å². The molecule has 0 unspecified atom stereocenters. The maximum Gasteiger partial charge on any atom is 0.218 e. The van der Waals surface area contributed by atoms with Gasteiger partial charge in [-0.1, -0.05) is 18.2 Å². The van der Waals surface area contributed by atoms with Crippen molar-refractivity contribution in [2.75, 3.05) is 0 Å². The summed E-state index contributed by atoms with van der Waals surface area (Å²) < 4.78 is 13.1. The Labute approximate surface area is 141 Å². The van der Waals surface area contributed by atoms with E-state index in [0.717, 1.165) is 30.8 Å². The highest BCUT2D eigenvalue weighted by molar-refractivity contribution is 5.37. The summed E-state index contributed by atoms with van der Waals surface area (Å²) in [6.07, 6.45) is 13.1. The Bertz CT molecular complexity index is 758. The Morgan fingerprint density at radius 2 is 2.12 bits per heavy atom. The van der Waals surface area contributed by atoms with Crippen LogP contribution >= 0.6 is 0 Å². The second-order valence-electron chi connectivity index (χ2n) is 5.51. The van der Waals surface area contributed by atoms with Crippen molar-refractivity contribution in [3.05, 3.63) is 72.5 Å². The number of hydrogen-bond donors (Lipinski definition) is 0. The summed E-state index contributed by atoms with van der Waals surface area (Å²) in [4.78, 5) is 8.36. The first kappa shape index (κ1) is 16.1. The van der Waals surface area contributed by atoms with Gasteiger partial charge in [0.2, 0.25) is 5.89 Å². The van der Waals surface area contributed by atoms with Crippen molar-refractivity contribution in [2.45, 2.75) is 32.9 Å². The van der Waals surface area contributed by atoms with Crippen molar-refractivity contribution in [1.29, 1.82) is 0 Å². The quantitative estimate of drug-likeness (QED) is 0.626. The van der Waals surface area contributed by atoms with Gasteiger partial charge in [0.1, 0.15) is 24.3 Å². The normalized spacial score (nSPS) is 11.2. The third-order valence-electron chi connectivity index (χ3n) is 3.63. The first-order valence-electron chi connectivity index (χ1n) is 8.08. The highest BCUT2D eigenvalue weighted by atomic mass is 16.5. The Hall–Kier alpha value is -2.82. The van der Waals surface area contributed by atoms with Crippen LogP contribution in [0.2, 0.25) is 0 Å². The van der Waals surface area contributed by atoms with Crippen molar-refractivity contribution in [3.63, 3.8) is 0 Å². The number of rotatable bonds is 8. The second kappa shape index (κ2) is 8.15. The minimum absolute atomic E-state index is 0.404. The van der Waals surface area contributed by atoms with E-state index in [-0.39, 0.29) is 0 Å². The SMILES string of the molecule is C/C=C\c1nc(COc2ccc(CCCn3ccnc3)cc2)co1. The van der Waals surface area contributed by atoms with Crippen LogP contribution in [0, 0.1) is 0 Å². The summed E-state index contributed by atoms with van der Waals surface area (Å²) in [6, 6.07) is 8.22.